The van der Waals surface area contributed by atoms with Gasteiger partial charge in [0.25, 0.3) is 0 Å². The minimum atomic E-state index is -1.56. The molecular weight excluding hydrogens is 398 g/mol. The van der Waals surface area contributed by atoms with Gasteiger partial charge in [0.1, 0.15) is 23.2 Å². The number of alkyl halides is 1. The van der Waals surface area contributed by atoms with Gasteiger partial charge in [-0.1, -0.05) is 77.2 Å². The maximum absolute atomic E-state index is 2.52. The third-order valence-corrected chi connectivity index (χ3v) is 9.84. The summed E-state index contributed by atoms with van der Waals surface area (Å²) in [6.07, 6.45) is 1.20. The minimum Gasteiger partial charge on any atom is -0.0824 e. The van der Waals surface area contributed by atoms with Gasteiger partial charge in [0, 0.05) is 4.43 Å². The van der Waals surface area contributed by atoms with Crippen molar-refractivity contribution in [2.45, 2.75) is 0 Å². The van der Waals surface area contributed by atoms with Crippen molar-refractivity contribution >= 4 is 45.8 Å². The highest BCUT2D eigenvalue weighted by atomic mass is 127. The number of hydrogen-bond donors (Lipinski definition) is 0. The van der Waals surface area contributed by atoms with E-state index in [4.69, 9.17) is 0 Å². The zero-order chi connectivity index (χ0) is 15.3. The van der Waals surface area contributed by atoms with Crippen LogP contribution in [-0.4, -0.2) is 10.6 Å². The Morgan fingerprint density at radius 2 is 0.864 bits per heavy atom. The first-order valence-corrected chi connectivity index (χ1v) is 11.0. The van der Waals surface area contributed by atoms with Crippen LogP contribution in [0.3, 0.4) is 0 Å². The number of hydrogen-bond acceptors (Lipinski definition) is 0. The molecular formula is C20H19IP+. The van der Waals surface area contributed by atoms with Crippen molar-refractivity contribution in [1.29, 1.82) is 0 Å². The average Bonchev–Trinajstić information content (AvgIpc) is 2.62. The fourth-order valence-electron chi connectivity index (χ4n) is 3.01. The van der Waals surface area contributed by atoms with E-state index in [-0.39, 0.29) is 0 Å². The van der Waals surface area contributed by atoms with Crippen LogP contribution in [0, 0.1) is 0 Å². The summed E-state index contributed by atoms with van der Waals surface area (Å²) in [5, 5.41) is 4.43. The molecule has 3 aromatic carbocycles. The first-order valence-electron chi connectivity index (χ1n) is 7.49. The SMILES string of the molecule is ICC[P+](c1ccccc1)(c1ccccc1)c1ccccc1. The molecule has 0 nitrogen and oxygen atoms in total. The molecule has 0 atom stereocenters. The molecule has 0 aliphatic rings. The van der Waals surface area contributed by atoms with E-state index in [0.717, 1.165) is 4.43 Å². The quantitative estimate of drug-likeness (QED) is 0.328. The van der Waals surface area contributed by atoms with Crippen molar-refractivity contribution in [3.05, 3.63) is 91.0 Å². The lowest BCUT2D eigenvalue weighted by Gasteiger charge is -2.27. The first kappa shape index (κ1) is 15.7. The molecule has 0 spiro atoms. The molecule has 0 amide bonds. The van der Waals surface area contributed by atoms with Gasteiger partial charge in [0.05, 0.1) is 6.16 Å². The van der Waals surface area contributed by atoms with Crippen LogP contribution in [0.15, 0.2) is 91.0 Å². The first-order chi connectivity index (χ1) is 10.9. The van der Waals surface area contributed by atoms with Gasteiger partial charge in [-0.3, -0.25) is 0 Å². The molecule has 0 aliphatic heterocycles. The molecule has 0 aromatic heterocycles. The van der Waals surface area contributed by atoms with Crippen LogP contribution in [0.4, 0.5) is 0 Å². The molecule has 0 fully saturated rings. The lowest BCUT2D eigenvalue weighted by molar-refractivity contribution is 1.55. The monoisotopic (exact) mass is 417 g/mol. The Morgan fingerprint density at radius 3 is 1.14 bits per heavy atom. The third-order valence-electron chi connectivity index (χ3n) is 4.01. The summed E-state index contributed by atoms with van der Waals surface area (Å²) in [4.78, 5) is 0. The van der Waals surface area contributed by atoms with Gasteiger partial charge in [0.2, 0.25) is 0 Å². The molecule has 0 heterocycles. The fourth-order valence-corrected chi connectivity index (χ4v) is 9.15. The summed E-state index contributed by atoms with van der Waals surface area (Å²) in [5.74, 6) is 0. The highest BCUT2D eigenvalue weighted by molar-refractivity contribution is 14.1. The van der Waals surface area contributed by atoms with E-state index in [1.54, 1.807) is 0 Å². The number of halogens is 1. The number of rotatable bonds is 5. The summed E-state index contributed by atoms with van der Waals surface area (Å²) in [7, 11) is -1.56. The van der Waals surface area contributed by atoms with E-state index in [0.29, 0.717) is 0 Å². The molecule has 0 saturated carbocycles. The highest BCUT2D eigenvalue weighted by Crippen LogP contribution is 2.55. The third kappa shape index (κ3) is 2.98. The number of benzene rings is 3. The van der Waals surface area contributed by atoms with Crippen LogP contribution in [-0.2, 0) is 0 Å². The topological polar surface area (TPSA) is 0 Å². The van der Waals surface area contributed by atoms with Crippen molar-refractivity contribution in [2.24, 2.45) is 0 Å². The van der Waals surface area contributed by atoms with Gasteiger partial charge in [0.15, 0.2) is 0 Å². The van der Waals surface area contributed by atoms with Crippen molar-refractivity contribution < 1.29 is 0 Å². The normalized spacial score (nSPS) is 11.3. The zero-order valence-corrected chi connectivity index (χ0v) is 15.5. The summed E-state index contributed by atoms with van der Waals surface area (Å²) < 4.78 is 1.16. The summed E-state index contributed by atoms with van der Waals surface area (Å²) in [6, 6.07) is 33.2. The Bertz CT molecular complexity index is 599. The van der Waals surface area contributed by atoms with E-state index in [1.165, 1.54) is 22.1 Å². The van der Waals surface area contributed by atoms with Gasteiger partial charge in [-0.05, 0) is 36.4 Å². The van der Waals surface area contributed by atoms with Crippen molar-refractivity contribution in [2.75, 3.05) is 10.6 Å². The second-order valence-electron chi connectivity index (χ2n) is 5.23. The second-order valence-corrected chi connectivity index (χ2v) is 9.92. The molecule has 3 aromatic rings. The van der Waals surface area contributed by atoms with Crippen LogP contribution in [0.5, 0.6) is 0 Å². The Balaban J connectivity index is 2.29. The Kier molecular flexibility index (Phi) is 5.28. The molecule has 3 rings (SSSR count). The van der Waals surface area contributed by atoms with Crippen LogP contribution in [0.2, 0.25) is 0 Å². The lowest BCUT2D eigenvalue weighted by Crippen LogP contribution is -2.33. The van der Waals surface area contributed by atoms with Gasteiger partial charge < -0.3 is 0 Å². The molecule has 110 valence electrons. The van der Waals surface area contributed by atoms with Crippen LogP contribution < -0.4 is 15.9 Å². The van der Waals surface area contributed by atoms with Gasteiger partial charge in [-0.2, -0.15) is 0 Å². The Morgan fingerprint density at radius 1 is 0.545 bits per heavy atom. The minimum absolute atomic E-state index is 1.16. The molecule has 0 N–H and O–H groups in total. The van der Waals surface area contributed by atoms with E-state index in [2.05, 4.69) is 114 Å². The van der Waals surface area contributed by atoms with E-state index < -0.39 is 7.26 Å². The molecule has 0 aliphatic carbocycles. The zero-order valence-electron chi connectivity index (χ0n) is 12.4. The Labute approximate surface area is 147 Å². The average molecular weight is 417 g/mol. The van der Waals surface area contributed by atoms with Crippen LogP contribution in [0.1, 0.15) is 0 Å². The smallest absolute Gasteiger partial charge is 0.0824 e. The molecule has 0 saturated heterocycles. The standard InChI is InChI=1S/C20H19IP/c21-16-17-22(18-10-4-1-5-11-18,19-12-6-2-7-13-19)20-14-8-3-9-15-20/h1-15H,16-17H2/q+1. The van der Waals surface area contributed by atoms with Crippen molar-refractivity contribution in [3.63, 3.8) is 0 Å². The van der Waals surface area contributed by atoms with Gasteiger partial charge in [-0.25, -0.2) is 0 Å². The van der Waals surface area contributed by atoms with Crippen LogP contribution in [0.25, 0.3) is 0 Å². The summed E-state index contributed by atoms with van der Waals surface area (Å²) in [6.45, 7) is 0. The molecule has 2 heteroatoms. The van der Waals surface area contributed by atoms with E-state index in [1.807, 2.05) is 0 Å². The lowest BCUT2D eigenvalue weighted by atomic mass is 10.4. The van der Waals surface area contributed by atoms with Crippen molar-refractivity contribution in [3.8, 4) is 0 Å². The molecule has 0 bridgehead atoms. The van der Waals surface area contributed by atoms with Crippen molar-refractivity contribution in [1.82, 2.24) is 0 Å². The van der Waals surface area contributed by atoms with E-state index in [9.17, 15) is 0 Å². The fraction of sp³-hybridized carbons (Fsp3) is 0.100. The Hall–Kier alpha value is -1.18. The molecule has 0 unspecified atom stereocenters. The van der Waals surface area contributed by atoms with Gasteiger partial charge >= 0.3 is 0 Å². The second kappa shape index (κ2) is 7.39. The van der Waals surface area contributed by atoms with E-state index >= 15 is 0 Å². The summed E-state index contributed by atoms with van der Waals surface area (Å²) >= 11 is 2.52. The van der Waals surface area contributed by atoms with Gasteiger partial charge in [-0.15, -0.1) is 0 Å². The molecule has 0 radical (unpaired) electrons. The predicted molar refractivity (Wildman–Crippen MR) is 109 cm³/mol. The predicted octanol–water partition coefficient (Wildman–Crippen LogP) is 4.42. The largest absolute Gasteiger partial charge is 0.112 e. The molecule has 22 heavy (non-hydrogen) atoms. The maximum atomic E-state index is 2.52. The maximum Gasteiger partial charge on any atom is 0.112 e. The van der Waals surface area contributed by atoms with Crippen LogP contribution >= 0.6 is 29.9 Å². The summed E-state index contributed by atoms with van der Waals surface area (Å²) in [5.41, 5.74) is 0. The highest BCUT2D eigenvalue weighted by Gasteiger charge is 2.44.